The molecule has 0 atom stereocenters. The number of benzene rings is 1. The zero-order valence-corrected chi connectivity index (χ0v) is 12.5. The Balaban J connectivity index is 1.41. The van der Waals surface area contributed by atoms with Gasteiger partial charge in [-0.3, -0.25) is 4.40 Å². The monoisotopic (exact) mass is 304 g/mol. The van der Waals surface area contributed by atoms with Crippen molar-refractivity contribution in [1.82, 2.24) is 19.9 Å². The molecule has 0 amide bonds. The van der Waals surface area contributed by atoms with Crippen LogP contribution in [0.3, 0.4) is 0 Å². The van der Waals surface area contributed by atoms with E-state index in [-0.39, 0.29) is 0 Å². The van der Waals surface area contributed by atoms with Crippen LogP contribution >= 0.6 is 0 Å². The van der Waals surface area contributed by atoms with E-state index in [9.17, 15) is 0 Å². The summed E-state index contributed by atoms with van der Waals surface area (Å²) in [5, 5.41) is 11.7. The molecule has 0 radical (unpaired) electrons. The van der Waals surface area contributed by atoms with Crippen LogP contribution in [0.1, 0.15) is 11.6 Å². The lowest BCUT2D eigenvalue weighted by molar-refractivity contribution is 0.480. The fourth-order valence-electron chi connectivity index (χ4n) is 2.56. The van der Waals surface area contributed by atoms with Gasteiger partial charge < -0.3 is 9.73 Å². The van der Waals surface area contributed by atoms with E-state index in [0.29, 0.717) is 13.1 Å². The predicted molar refractivity (Wildman–Crippen MR) is 87.7 cm³/mol. The van der Waals surface area contributed by atoms with Crippen LogP contribution in [-0.2, 0) is 13.1 Å². The number of furan rings is 1. The second-order valence-corrected chi connectivity index (χ2v) is 5.32. The summed E-state index contributed by atoms with van der Waals surface area (Å²) < 4.78 is 7.60. The molecular weight excluding hydrogens is 288 g/mol. The van der Waals surface area contributed by atoms with E-state index in [2.05, 4.69) is 33.7 Å². The first-order chi connectivity index (χ1) is 11.4. The molecular formula is C18H16N4O. The van der Waals surface area contributed by atoms with Crippen LogP contribution in [-0.4, -0.2) is 14.6 Å². The molecule has 1 aromatic carbocycles. The van der Waals surface area contributed by atoms with Crippen molar-refractivity contribution in [3.8, 4) is 11.1 Å². The maximum absolute atomic E-state index is 5.62. The van der Waals surface area contributed by atoms with E-state index < -0.39 is 0 Å². The maximum atomic E-state index is 5.62. The Labute approximate surface area is 133 Å². The second kappa shape index (κ2) is 6.06. The standard InChI is InChI=1S/C18H16N4O/c1-2-6-14(7-3-1)15-10-16(23-13-15)11-19-12-18-21-20-17-8-4-5-9-22(17)18/h1-10,13,19H,11-12H2. The quantitative estimate of drug-likeness (QED) is 0.615. The molecule has 0 aliphatic rings. The van der Waals surface area contributed by atoms with Gasteiger partial charge in [-0.05, 0) is 23.8 Å². The van der Waals surface area contributed by atoms with Gasteiger partial charge in [-0.1, -0.05) is 36.4 Å². The first-order valence-corrected chi connectivity index (χ1v) is 7.52. The summed E-state index contributed by atoms with van der Waals surface area (Å²) in [6, 6.07) is 18.1. The molecule has 0 bridgehead atoms. The highest BCUT2D eigenvalue weighted by atomic mass is 16.3. The van der Waals surface area contributed by atoms with E-state index in [1.54, 1.807) is 6.26 Å². The minimum absolute atomic E-state index is 0.631. The Morgan fingerprint density at radius 3 is 2.70 bits per heavy atom. The van der Waals surface area contributed by atoms with Gasteiger partial charge in [0, 0.05) is 11.8 Å². The Kier molecular flexibility index (Phi) is 3.62. The fourth-order valence-corrected chi connectivity index (χ4v) is 2.56. The molecule has 0 saturated carbocycles. The molecule has 0 saturated heterocycles. The highest BCUT2D eigenvalue weighted by Gasteiger charge is 2.06. The number of hydrogen-bond donors (Lipinski definition) is 1. The van der Waals surface area contributed by atoms with Gasteiger partial charge in [0.2, 0.25) is 0 Å². The normalized spacial score (nSPS) is 11.1. The summed E-state index contributed by atoms with van der Waals surface area (Å²) in [5.74, 6) is 1.79. The molecule has 0 aliphatic heterocycles. The zero-order valence-electron chi connectivity index (χ0n) is 12.5. The lowest BCUT2D eigenvalue weighted by atomic mass is 10.1. The molecule has 0 unspecified atom stereocenters. The van der Waals surface area contributed by atoms with Crippen molar-refractivity contribution in [3.63, 3.8) is 0 Å². The first-order valence-electron chi connectivity index (χ1n) is 7.52. The summed E-state index contributed by atoms with van der Waals surface area (Å²) in [4.78, 5) is 0. The van der Waals surface area contributed by atoms with Crippen LogP contribution in [0.25, 0.3) is 16.8 Å². The molecule has 0 fully saturated rings. The van der Waals surface area contributed by atoms with Crippen LogP contribution in [0, 0.1) is 0 Å². The minimum Gasteiger partial charge on any atom is -0.467 e. The Bertz CT molecular complexity index is 911. The van der Waals surface area contributed by atoms with Crippen molar-refractivity contribution in [3.05, 3.63) is 78.6 Å². The summed E-state index contributed by atoms with van der Waals surface area (Å²) in [5.41, 5.74) is 3.11. The Hall–Kier alpha value is -2.92. The van der Waals surface area contributed by atoms with E-state index in [0.717, 1.165) is 28.4 Å². The van der Waals surface area contributed by atoms with Gasteiger partial charge in [0.15, 0.2) is 11.5 Å². The molecule has 0 aliphatic carbocycles. The van der Waals surface area contributed by atoms with Crippen LogP contribution in [0.4, 0.5) is 0 Å². The smallest absolute Gasteiger partial charge is 0.160 e. The first kappa shape index (κ1) is 13.7. The van der Waals surface area contributed by atoms with Gasteiger partial charge in [0.1, 0.15) is 5.76 Å². The van der Waals surface area contributed by atoms with Gasteiger partial charge in [-0.25, -0.2) is 0 Å². The van der Waals surface area contributed by atoms with E-state index in [1.807, 2.05) is 47.0 Å². The summed E-state index contributed by atoms with van der Waals surface area (Å²) >= 11 is 0. The zero-order chi connectivity index (χ0) is 15.5. The predicted octanol–water partition coefficient (Wildman–Crippen LogP) is 3.28. The average Bonchev–Trinajstić information content (AvgIpc) is 3.23. The third-order valence-electron chi connectivity index (χ3n) is 3.73. The van der Waals surface area contributed by atoms with Crippen molar-refractivity contribution in [2.45, 2.75) is 13.1 Å². The number of pyridine rings is 1. The van der Waals surface area contributed by atoms with Crippen molar-refractivity contribution in [2.24, 2.45) is 0 Å². The SMILES string of the molecule is c1ccc(-c2coc(CNCc3nnc4ccccn34)c2)cc1. The van der Waals surface area contributed by atoms with E-state index in [4.69, 9.17) is 4.42 Å². The van der Waals surface area contributed by atoms with Gasteiger partial charge in [0.25, 0.3) is 0 Å². The fraction of sp³-hybridized carbons (Fsp3) is 0.111. The number of aromatic nitrogens is 3. The lowest BCUT2D eigenvalue weighted by Crippen LogP contribution is -2.14. The molecule has 23 heavy (non-hydrogen) atoms. The molecule has 4 rings (SSSR count). The lowest BCUT2D eigenvalue weighted by Gasteiger charge is -2.01. The molecule has 5 nitrogen and oxygen atoms in total. The van der Waals surface area contributed by atoms with Gasteiger partial charge >= 0.3 is 0 Å². The number of rotatable bonds is 5. The number of nitrogens with zero attached hydrogens (tertiary/aromatic N) is 3. The van der Waals surface area contributed by atoms with Crippen molar-refractivity contribution < 1.29 is 4.42 Å². The second-order valence-electron chi connectivity index (χ2n) is 5.32. The maximum Gasteiger partial charge on any atom is 0.160 e. The van der Waals surface area contributed by atoms with Crippen LogP contribution in [0.2, 0.25) is 0 Å². The van der Waals surface area contributed by atoms with Crippen LogP contribution in [0.5, 0.6) is 0 Å². The number of hydrogen-bond acceptors (Lipinski definition) is 4. The third kappa shape index (κ3) is 2.86. The molecule has 3 aromatic heterocycles. The van der Waals surface area contributed by atoms with Crippen molar-refractivity contribution in [2.75, 3.05) is 0 Å². The molecule has 4 aromatic rings. The van der Waals surface area contributed by atoms with Crippen LogP contribution < -0.4 is 5.32 Å². The average molecular weight is 304 g/mol. The summed E-state index contributed by atoms with van der Waals surface area (Å²) in [6.07, 6.45) is 3.76. The minimum atomic E-state index is 0.631. The van der Waals surface area contributed by atoms with Crippen molar-refractivity contribution in [1.29, 1.82) is 0 Å². The van der Waals surface area contributed by atoms with E-state index in [1.165, 1.54) is 0 Å². The Morgan fingerprint density at radius 1 is 0.913 bits per heavy atom. The van der Waals surface area contributed by atoms with Crippen LogP contribution in [0.15, 0.2) is 71.5 Å². The molecule has 5 heteroatoms. The van der Waals surface area contributed by atoms with Gasteiger partial charge in [0.05, 0.1) is 19.4 Å². The topological polar surface area (TPSA) is 55.4 Å². The number of nitrogens with one attached hydrogen (secondary N) is 1. The number of fused-ring (bicyclic) bond motifs is 1. The van der Waals surface area contributed by atoms with Gasteiger partial charge in [-0.15, -0.1) is 10.2 Å². The molecule has 3 heterocycles. The third-order valence-corrected chi connectivity index (χ3v) is 3.73. The summed E-state index contributed by atoms with van der Waals surface area (Å²) in [7, 11) is 0. The molecule has 0 spiro atoms. The van der Waals surface area contributed by atoms with Crippen molar-refractivity contribution >= 4 is 5.65 Å². The summed E-state index contributed by atoms with van der Waals surface area (Å²) in [6.45, 7) is 1.28. The Morgan fingerprint density at radius 2 is 1.78 bits per heavy atom. The van der Waals surface area contributed by atoms with E-state index >= 15 is 0 Å². The molecule has 1 N–H and O–H groups in total. The highest BCUT2D eigenvalue weighted by molar-refractivity contribution is 5.62. The largest absolute Gasteiger partial charge is 0.467 e. The van der Waals surface area contributed by atoms with Gasteiger partial charge in [-0.2, -0.15) is 0 Å². The highest BCUT2D eigenvalue weighted by Crippen LogP contribution is 2.21. The molecule has 114 valence electrons.